The van der Waals surface area contributed by atoms with Crippen molar-refractivity contribution in [2.75, 3.05) is 6.61 Å². The van der Waals surface area contributed by atoms with E-state index in [1.807, 2.05) is 25.3 Å². The molecule has 1 N–H and O–H groups in total. The molecule has 0 saturated carbocycles. The van der Waals surface area contributed by atoms with Crippen LogP contribution < -0.4 is 4.74 Å². The van der Waals surface area contributed by atoms with Gasteiger partial charge in [-0.05, 0) is 18.6 Å². The number of hydrogen-bond acceptors (Lipinski definition) is 3. The number of aryl methyl sites for hydroxylation is 1. The van der Waals surface area contributed by atoms with Gasteiger partial charge in [0.1, 0.15) is 12.4 Å². The number of para-hydroxylation sites is 1. The quantitative estimate of drug-likeness (QED) is 0.861. The third kappa shape index (κ3) is 3.84. The van der Waals surface area contributed by atoms with Crippen LogP contribution in [0.1, 0.15) is 11.1 Å². The Hall–Kier alpha value is -2.30. The van der Waals surface area contributed by atoms with Crippen molar-refractivity contribution in [3.8, 4) is 5.75 Å². The largest absolute Gasteiger partial charge is 0.491 e. The third-order valence-corrected chi connectivity index (χ3v) is 2.65. The van der Waals surface area contributed by atoms with Crippen molar-refractivity contribution < 1.29 is 14.6 Å². The van der Waals surface area contributed by atoms with Crippen LogP contribution >= 0.6 is 0 Å². The molecule has 5 heteroatoms. The zero-order chi connectivity index (χ0) is 13.7. The fraction of sp³-hybridized carbons (Fsp3) is 0.286. The molecule has 1 heterocycles. The van der Waals surface area contributed by atoms with Gasteiger partial charge in [-0.1, -0.05) is 18.2 Å². The van der Waals surface area contributed by atoms with Crippen molar-refractivity contribution in [2.24, 2.45) is 0 Å². The van der Waals surface area contributed by atoms with E-state index in [0.29, 0.717) is 24.5 Å². The summed E-state index contributed by atoms with van der Waals surface area (Å²) >= 11 is 0. The lowest BCUT2D eigenvalue weighted by Gasteiger charge is -2.10. The topological polar surface area (TPSA) is 64.4 Å². The van der Waals surface area contributed by atoms with E-state index in [1.165, 1.54) is 0 Å². The van der Waals surface area contributed by atoms with Gasteiger partial charge in [-0.2, -0.15) is 5.10 Å². The Kier molecular flexibility index (Phi) is 4.18. The number of carboxylic acid groups (broad SMARTS) is 1. The minimum atomic E-state index is -0.862. The maximum absolute atomic E-state index is 10.7. The first-order valence-corrected chi connectivity index (χ1v) is 6.06. The lowest BCUT2D eigenvalue weighted by atomic mass is 10.1. The van der Waals surface area contributed by atoms with Crippen molar-refractivity contribution in [1.29, 1.82) is 0 Å². The highest BCUT2D eigenvalue weighted by molar-refractivity contribution is 5.71. The van der Waals surface area contributed by atoms with Gasteiger partial charge in [0.2, 0.25) is 0 Å². The summed E-state index contributed by atoms with van der Waals surface area (Å²) < 4.78 is 7.43. The van der Waals surface area contributed by atoms with Crippen LogP contribution in [0, 0.1) is 6.92 Å². The van der Waals surface area contributed by atoms with E-state index in [0.717, 1.165) is 5.56 Å². The molecule has 0 aliphatic heterocycles. The second kappa shape index (κ2) is 6.04. The number of ether oxygens (including phenoxy) is 1. The van der Waals surface area contributed by atoms with Crippen LogP contribution in [0.3, 0.4) is 0 Å². The lowest BCUT2D eigenvalue weighted by molar-refractivity contribution is -0.136. The highest BCUT2D eigenvalue weighted by Gasteiger charge is 2.07. The molecule has 2 aromatic rings. The summed E-state index contributed by atoms with van der Waals surface area (Å²) in [7, 11) is 0. The second-order valence-electron chi connectivity index (χ2n) is 4.31. The predicted molar refractivity (Wildman–Crippen MR) is 70.2 cm³/mol. The fourth-order valence-electron chi connectivity index (χ4n) is 1.79. The number of rotatable bonds is 6. The molecule has 19 heavy (non-hydrogen) atoms. The fourth-order valence-corrected chi connectivity index (χ4v) is 1.79. The first-order valence-electron chi connectivity index (χ1n) is 6.06. The number of hydrogen-bond donors (Lipinski definition) is 1. The minimum Gasteiger partial charge on any atom is -0.491 e. The lowest BCUT2D eigenvalue weighted by Crippen LogP contribution is -2.10. The summed E-state index contributed by atoms with van der Waals surface area (Å²) in [4.78, 5) is 10.7. The number of aliphatic carboxylic acids is 1. The first-order chi connectivity index (χ1) is 9.15. The second-order valence-corrected chi connectivity index (χ2v) is 4.31. The maximum Gasteiger partial charge on any atom is 0.307 e. The van der Waals surface area contributed by atoms with Gasteiger partial charge in [-0.15, -0.1) is 0 Å². The van der Waals surface area contributed by atoms with E-state index >= 15 is 0 Å². The van der Waals surface area contributed by atoms with Gasteiger partial charge in [0, 0.05) is 11.8 Å². The van der Waals surface area contributed by atoms with Gasteiger partial charge < -0.3 is 9.84 Å². The molecule has 2 rings (SSSR count). The molecule has 0 aliphatic rings. The Morgan fingerprint density at radius 1 is 1.42 bits per heavy atom. The van der Waals surface area contributed by atoms with Crippen molar-refractivity contribution in [1.82, 2.24) is 9.78 Å². The van der Waals surface area contributed by atoms with E-state index in [9.17, 15) is 4.79 Å². The molecule has 0 saturated heterocycles. The molecule has 5 nitrogen and oxygen atoms in total. The molecule has 0 unspecified atom stereocenters. The van der Waals surface area contributed by atoms with Gasteiger partial charge in [0.05, 0.1) is 19.2 Å². The van der Waals surface area contributed by atoms with Crippen LogP contribution in [0.2, 0.25) is 0 Å². The Labute approximate surface area is 111 Å². The van der Waals surface area contributed by atoms with Gasteiger partial charge in [-0.3, -0.25) is 9.48 Å². The molecule has 0 bridgehead atoms. The number of benzene rings is 1. The summed E-state index contributed by atoms with van der Waals surface area (Å²) in [5.41, 5.74) is 1.79. The highest BCUT2D eigenvalue weighted by Crippen LogP contribution is 2.18. The minimum absolute atomic E-state index is 0.0307. The Bertz CT molecular complexity index is 563. The van der Waals surface area contributed by atoms with E-state index < -0.39 is 5.97 Å². The maximum atomic E-state index is 10.7. The van der Waals surface area contributed by atoms with Gasteiger partial charge in [-0.25, -0.2) is 0 Å². The van der Waals surface area contributed by atoms with E-state index in [1.54, 1.807) is 23.0 Å². The summed E-state index contributed by atoms with van der Waals surface area (Å²) in [6.07, 6.45) is 3.70. The van der Waals surface area contributed by atoms with Crippen LogP contribution in [0.4, 0.5) is 0 Å². The molecule has 100 valence electrons. The molecule has 0 atom stereocenters. The molecule has 0 radical (unpaired) electrons. The van der Waals surface area contributed by atoms with Crippen LogP contribution in [0.25, 0.3) is 0 Å². The van der Waals surface area contributed by atoms with Crippen molar-refractivity contribution in [2.45, 2.75) is 19.9 Å². The summed E-state index contributed by atoms with van der Waals surface area (Å²) in [6, 6.07) is 7.19. The molecular weight excluding hydrogens is 244 g/mol. The third-order valence-electron chi connectivity index (χ3n) is 2.65. The molecule has 0 fully saturated rings. The highest BCUT2D eigenvalue weighted by atomic mass is 16.5. The zero-order valence-electron chi connectivity index (χ0n) is 10.7. The smallest absolute Gasteiger partial charge is 0.307 e. The standard InChI is InChI=1S/C14H16N2O3/c1-11-9-15-16(10-11)6-7-19-13-5-3-2-4-12(13)8-14(17)18/h2-5,9-10H,6-8H2,1H3,(H,17,18). The first kappa shape index (κ1) is 13.1. The Balaban J connectivity index is 1.93. The van der Waals surface area contributed by atoms with Crippen molar-refractivity contribution in [3.63, 3.8) is 0 Å². The van der Waals surface area contributed by atoms with E-state index in [2.05, 4.69) is 5.10 Å². The van der Waals surface area contributed by atoms with E-state index in [-0.39, 0.29) is 6.42 Å². The summed E-state index contributed by atoms with van der Waals surface area (Å²) in [5, 5.41) is 13.0. The van der Waals surface area contributed by atoms with Crippen molar-refractivity contribution >= 4 is 5.97 Å². The van der Waals surface area contributed by atoms with Gasteiger partial charge in [0.15, 0.2) is 0 Å². The number of aromatic nitrogens is 2. The number of carboxylic acids is 1. The normalized spacial score (nSPS) is 10.4. The average Bonchev–Trinajstić information content (AvgIpc) is 2.77. The van der Waals surface area contributed by atoms with Crippen LogP contribution in [0.15, 0.2) is 36.7 Å². The number of carbonyl (C=O) groups is 1. The summed E-state index contributed by atoms with van der Waals surface area (Å²) in [6.45, 7) is 3.07. The number of nitrogens with zero attached hydrogens (tertiary/aromatic N) is 2. The average molecular weight is 260 g/mol. The predicted octanol–water partition coefficient (Wildman–Crippen LogP) is 1.90. The van der Waals surface area contributed by atoms with Gasteiger partial charge >= 0.3 is 5.97 Å². The Morgan fingerprint density at radius 2 is 2.21 bits per heavy atom. The molecule has 0 spiro atoms. The molecule has 1 aromatic carbocycles. The molecule has 1 aromatic heterocycles. The SMILES string of the molecule is Cc1cnn(CCOc2ccccc2CC(=O)O)c1. The summed E-state index contributed by atoms with van der Waals surface area (Å²) in [5.74, 6) is -0.243. The molecule has 0 aliphatic carbocycles. The van der Waals surface area contributed by atoms with Crippen LogP contribution in [-0.2, 0) is 17.8 Å². The van der Waals surface area contributed by atoms with E-state index in [4.69, 9.17) is 9.84 Å². The van der Waals surface area contributed by atoms with Crippen LogP contribution in [0.5, 0.6) is 5.75 Å². The van der Waals surface area contributed by atoms with Gasteiger partial charge in [0.25, 0.3) is 0 Å². The molecule has 0 amide bonds. The Morgan fingerprint density at radius 3 is 2.89 bits per heavy atom. The van der Waals surface area contributed by atoms with Crippen molar-refractivity contribution in [3.05, 3.63) is 47.8 Å². The van der Waals surface area contributed by atoms with Crippen LogP contribution in [-0.4, -0.2) is 27.5 Å². The zero-order valence-corrected chi connectivity index (χ0v) is 10.7. The molecular formula is C14H16N2O3. The monoisotopic (exact) mass is 260 g/mol.